The van der Waals surface area contributed by atoms with Crippen LogP contribution in [0, 0.1) is 6.92 Å². The van der Waals surface area contributed by atoms with Crippen LogP contribution in [0.5, 0.6) is 0 Å². The summed E-state index contributed by atoms with van der Waals surface area (Å²) in [5.74, 6) is 2.56. The van der Waals surface area contributed by atoms with Gasteiger partial charge in [-0.15, -0.1) is 0 Å². The Morgan fingerprint density at radius 2 is 2.16 bits per heavy atom. The molecule has 0 saturated heterocycles. The van der Waals surface area contributed by atoms with E-state index in [4.69, 9.17) is 10.5 Å². The summed E-state index contributed by atoms with van der Waals surface area (Å²) in [5, 5.41) is 3.29. The van der Waals surface area contributed by atoms with Gasteiger partial charge in [0.2, 0.25) is 0 Å². The lowest BCUT2D eigenvalue weighted by molar-refractivity contribution is 0.198. The number of aryl methyl sites for hydroxylation is 1. The Labute approximate surface area is 115 Å². The van der Waals surface area contributed by atoms with Crippen LogP contribution in [0.25, 0.3) is 0 Å². The molecule has 0 saturated carbocycles. The summed E-state index contributed by atoms with van der Waals surface area (Å²) in [5.41, 5.74) is 5.53. The van der Waals surface area contributed by atoms with E-state index >= 15 is 0 Å². The van der Waals surface area contributed by atoms with Crippen LogP contribution in [0.4, 0.5) is 11.6 Å². The summed E-state index contributed by atoms with van der Waals surface area (Å²) in [4.78, 5) is 10.9. The topological polar surface area (TPSA) is 76.3 Å². The van der Waals surface area contributed by atoms with Gasteiger partial charge in [0.25, 0.3) is 0 Å². The quantitative estimate of drug-likeness (QED) is 0.651. The molecule has 6 nitrogen and oxygen atoms in total. The van der Waals surface area contributed by atoms with Crippen molar-refractivity contribution in [1.82, 2.24) is 9.97 Å². The molecule has 3 N–H and O–H groups in total. The monoisotopic (exact) mass is 267 g/mol. The molecule has 108 valence electrons. The number of methoxy groups -OCH3 is 1. The zero-order chi connectivity index (χ0) is 14.1. The Kier molecular flexibility index (Phi) is 7.14. The fourth-order valence-corrected chi connectivity index (χ4v) is 1.71. The van der Waals surface area contributed by atoms with E-state index in [2.05, 4.69) is 20.2 Å². The molecule has 1 heterocycles. The number of nitrogens with zero attached hydrogens (tertiary/aromatic N) is 3. The molecule has 0 aliphatic rings. The zero-order valence-electron chi connectivity index (χ0n) is 12.1. The van der Waals surface area contributed by atoms with Crippen LogP contribution in [0.3, 0.4) is 0 Å². The van der Waals surface area contributed by atoms with Crippen molar-refractivity contribution in [2.75, 3.05) is 50.6 Å². The minimum absolute atomic E-state index is 0.691. The van der Waals surface area contributed by atoms with Crippen molar-refractivity contribution in [1.29, 1.82) is 0 Å². The number of rotatable bonds is 9. The minimum atomic E-state index is 0.691. The smallest absolute Gasteiger partial charge is 0.134 e. The van der Waals surface area contributed by atoms with Crippen LogP contribution in [-0.4, -0.2) is 50.4 Å². The lowest BCUT2D eigenvalue weighted by Crippen LogP contribution is -2.22. The average Bonchev–Trinajstić information content (AvgIpc) is 2.40. The van der Waals surface area contributed by atoms with Gasteiger partial charge in [-0.3, -0.25) is 0 Å². The Bertz CT molecular complexity index is 372. The number of hydrogen-bond donors (Lipinski definition) is 2. The minimum Gasteiger partial charge on any atom is -0.385 e. The maximum atomic E-state index is 5.53. The highest BCUT2D eigenvalue weighted by molar-refractivity contribution is 5.48. The second-order valence-corrected chi connectivity index (χ2v) is 4.50. The summed E-state index contributed by atoms with van der Waals surface area (Å²) in [6.45, 7) is 5.09. The third kappa shape index (κ3) is 5.85. The standard InChI is InChI=1S/C13H25N5O/c1-11-16-12(15-7-5-9-19-3)10-13(17-11)18(2)8-4-6-14/h10H,4-9,14H2,1-3H3,(H,15,16,17). The van der Waals surface area contributed by atoms with E-state index in [1.165, 1.54) is 0 Å². The van der Waals surface area contributed by atoms with Crippen LogP contribution in [-0.2, 0) is 4.74 Å². The van der Waals surface area contributed by atoms with Crippen molar-refractivity contribution in [2.45, 2.75) is 19.8 Å². The number of anilines is 2. The van der Waals surface area contributed by atoms with Crippen LogP contribution in [0.1, 0.15) is 18.7 Å². The van der Waals surface area contributed by atoms with Gasteiger partial charge in [0.1, 0.15) is 17.5 Å². The molecule has 0 fully saturated rings. The van der Waals surface area contributed by atoms with Gasteiger partial charge in [0.05, 0.1) is 0 Å². The number of ether oxygens (including phenoxy) is 1. The molecular formula is C13H25N5O. The summed E-state index contributed by atoms with van der Waals surface area (Å²) in [7, 11) is 3.73. The van der Waals surface area contributed by atoms with E-state index in [9.17, 15) is 0 Å². The van der Waals surface area contributed by atoms with Crippen molar-refractivity contribution in [3.63, 3.8) is 0 Å². The highest BCUT2D eigenvalue weighted by atomic mass is 16.5. The summed E-state index contributed by atoms with van der Waals surface area (Å²) < 4.78 is 5.02. The molecule has 0 bridgehead atoms. The fourth-order valence-electron chi connectivity index (χ4n) is 1.71. The van der Waals surface area contributed by atoms with Gasteiger partial charge in [-0.25, -0.2) is 9.97 Å². The highest BCUT2D eigenvalue weighted by Crippen LogP contribution is 2.14. The van der Waals surface area contributed by atoms with Crippen LogP contribution >= 0.6 is 0 Å². The van der Waals surface area contributed by atoms with Gasteiger partial charge < -0.3 is 20.7 Å². The van der Waals surface area contributed by atoms with Crippen LogP contribution in [0.15, 0.2) is 6.07 Å². The van der Waals surface area contributed by atoms with Crippen molar-refractivity contribution >= 4 is 11.6 Å². The van der Waals surface area contributed by atoms with E-state index in [0.717, 1.165) is 50.0 Å². The first-order valence-electron chi connectivity index (χ1n) is 6.67. The van der Waals surface area contributed by atoms with E-state index in [-0.39, 0.29) is 0 Å². The number of hydrogen-bond acceptors (Lipinski definition) is 6. The summed E-state index contributed by atoms with van der Waals surface area (Å²) in [6, 6.07) is 1.97. The molecule has 0 unspecified atom stereocenters. The predicted molar refractivity (Wildman–Crippen MR) is 78.7 cm³/mol. The molecule has 1 aromatic rings. The molecule has 0 aliphatic heterocycles. The first-order chi connectivity index (χ1) is 9.17. The summed E-state index contributed by atoms with van der Waals surface area (Å²) >= 11 is 0. The Hall–Kier alpha value is -1.40. The molecule has 0 atom stereocenters. The molecule has 19 heavy (non-hydrogen) atoms. The largest absolute Gasteiger partial charge is 0.385 e. The van der Waals surface area contributed by atoms with Crippen molar-refractivity contribution in [3.05, 3.63) is 11.9 Å². The maximum absolute atomic E-state index is 5.53. The normalized spacial score (nSPS) is 10.5. The number of nitrogens with one attached hydrogen (secondary N) is 1. The third-order valence-corrected chi connectivity index (χ3v) is 2.74. The van der Waals surface area contributed by atoms with E-state index in [1.807, 2.05) is 20.0 Å². The van der Waals surface area contributed by atoms with Crippen LogP contribution < -0.4 is 16.0 Å². The molecule has 6 heteroatoms. The van der Waals surface area contributed by atoms with Gasteiger partial charge in [-0.05, 0) is 26.3 Å². The second-order valence-electron chi connectivity index (χ2n) is 4.50. The Balaban J connectivity index is 2.60. The molecule has 1 rings (SSSR count). The molecule has 0 radical (unpaired) electrons. The number of aromatic nitrogens is 2. The third-order valence-electron chi connectivity index (χ3n) is 2.74. The first kappa shape index (κ1) is 15.7. The lowest BCUT2D eigenvalue weighted by Gasteiger charge is -2.19. The van der Waals surface area contributed by atoms with Crippen molar-refractivity contribution in [2.24, 2.45) is 5.73 Å². The van der Waals surface area contributed by atoms with Gasteiger partial charge in [-0.1, -0.05) is 0 Å². The van der Waals surface area contributed by atoms with Gasteiger partial charge in [-0.2, -0.15) is 0 Å². The Morgan fingerprint density at radius 3 is 2.84 bits per heavy atom. The molecule has 0 aromatic carbocycles. The average molecular weight is 267 g/mol. The lowest BCUT2D eigenvalue weighted by atomic mass is 10.3. The Morgan fingerprint density at radius 1 is 1.37 bits per heavy atom. The summed E-state index contributed by atoms with van der Waals surface area (Å²) in [6.07, 6.45) is 1.91. The maximum Gasteiger partial charge on any atom is 0.134 e. The van der Waals surface area contributed by atoms with Crippen molar-refractivity contribution in [3.8, 4) is 0 Å². The molecule has 0 aliphatic carbocycles. The van der Waals surface area contributed by atoms with E-state index in [0.29, 0.717) is 6.54 Å². The first-order valence-corrected chi connectivity index (χ1v) is 6.67. The van der Waals surface area contributed by atoms with Gasteiger partial charge in [0.15, 0.2) is 0 Å². The van der Waals surface area contributed by atoms with E-state index in [1.54, 1.807) is 7.11 Å². The molecule has 0 spiro atoms. The fraction of sp³-hybridized carbons (Fsp3) is 0.692. The van der Waals surface area contributed by atoms with Crippen molar-refractivity contribution < 1.29 is 4.74 Å². The molecule has 0 amide bonds. The molecular weight excluding hydrogens is 242 g/mol. The highest BCUT2D eigenvalue weighted by Gasteiger charge is 2.06. The predicted octanol–water partition coefficient (Wildman–Crippen LogP) is 1.02. The zero-order valence-corrected chi connectivity index (χ0v) is 12.1. The van der Waals surface area contributed by atoms with Gasteiger partial charge >= 0.3 is 0 Å². The SMILES string of the molecule is COCCCNc1cc(N(C)CCCN)nc(C)n1. The van der Waals surface area contributed by atoms with E-state index < -0.39 is 0 Å². The molecule has 1 aromatic heterocycles. The van der Waals surface area contributed by atoms with Crippen LogP contribution in [0.2, 0.25) is 0 Å². The number of nitrogens with two attached hydrogens (primary N) is 1. The van der Waals surface area contributed by atoms with Gasteiger partial charge in [0, 0.05) is 39.9 Å². The second kappa shape index (κ2) is 8.66.